The van der Waals surface area contributed by atoms with E-state index in [1.54, 1.807) is 9.80 Å². The second-order valence-electron chi connectivity index (χ2n) is 6.17. The smallest absolute Gasteiger partial charge is 0.224 e. The van der Waals surface area contributed by atoms with Crippen LogP contribution in [0.4, 0.5) is 0 Å². The molecule has 7 nitrogen and oxygen atoms in total. The van der Waals surface area contributed by atoms with Gasteiger partial charge < -0.3 is 9.80 Å². The van der Waals surface area contributed by atoms with Gasteiger partial charge >= 0.3 is 0 Å². The molecule has 0 unspecified atom stereocenters. The Morgan fingerprint density at radius 2 is 1.76 bits per heavy atom. The molecule has 1 fully saturated rings. The van der Waals surface area contributed by atoms with Crippen LogP contribution in [0.5, 0.6) is 0 Å². The third-order valence-electron chi connectivity index (χ3n) is 4.35. The SMILES string of the molecule is CS(=O)(=O)N(CCC(=O)N1CCN(C=O)CC1)CCc1ccccc1. The molecule has 0 N–H and O–H groups in total. The second kappa shape index (κ2) is 8.96. The summed E-state index contributed by atoms with van der Waals surface area (Å²) in [7, 11) is -3.37. The molecule has 0 atom stereocenters. The Morgan fingerprint density at radius 3 is 2.32 bits per heavy atom. The van der Waals surface area contributed by atoms with Crippen molar-refractivity contribution < 1.29 is 18.0 Å². The van der Waals surface area contributed by atoms with E-state index in [2.05, 4.69) is 0 Å². The number of hydrogen-bond donors (Lipinski definition) is 0. The quantitative estimate of drug-likeness (QED) is 0.614. The van der Waals surface area contributed by atoms with Crippen molar-refractivity contribution in [1.29, 1.82) is 0 Å². The lowest BCUT2D eigenvalue weighted by Gasteiger charge is -2.33. The first kappa shape index (κ1) is 19.4. The van der Waals surface area contributed by atoms with E-state index in [0.717, 1.165) is 12.0 Å². The summed E-state index contributed by atoms with van der Waals surface area (Å²) in [6.45, 7) is 2.59. The summed E-state index contributed by atoms with van der Waals surface area (Å²) in [6, 6.07) is 9.67. The molecule has 1 heterocycles. The van der Waals surface area contributed by atoms with Gasteiger partial charge in [0.25, 0.3) is 0 Å². The Kier molecular flexibility index (Phi) is 6.95. The second-order valence-corrected chi connectivity index (χ2v) is 8.15. The summed E-state index contributed by atoms with van der Waals surface area (Å²) in [5.74, 6) is -0.0705. The fourth-order valence-electron chi connectivity index (χ4n) is 2.80. The van der Waals surface area contributed by atoms with Gasteiger partial charge in [-0.05, 0) is 12.0 Å². The zero-order valence-corrected chi connectivity index (χ0v) is 15.3. The molecule has 0 aromatic heterocycles. The minimum atomic E-state index is -3.37. The largest absolute Gasteiger partial charge is 0.342 e. The summed E-state index contributed by atoms with van der Waals surface area (Å²) >= 11 is 0. The molecule has 2 rings (SSSR count). The molecule has 25 heavy (non-hydrogen) atoms. The third kappa shape index (κ3) is 6.13. The average Bonchev–Trinajstić information content (AvgIpc) is 2.61. The normalized spacial score (nSPS) is 15.4. The van der Waals surface area contributed by atoms with Gasteiger partial charge in [0.05, 0.1) is 6.26 Å². The molecular weight excluding hydrogens is 342 g/mol. The summed E-state index contributed by atoms with van der Waals surface area (Å²) in [5.41, 5.74) is 1.06. The average molecular weight is 367 g/mol. The highest BCUT2D eigenvalue weighted by Crippen LogP contribution is 2.08. The van der Waals surface area contributed by atoms with Crippen molar-refractivity contribution in [2.45, 2.75) is 12.8 Å². The number of piperazine rings is 1. The van der Waals surface area contributed by atoms with Crippen LogP contribution in [0.3, 0.4) is 0 Å². The molecule has 138 valence electrons. The first-order chi connectivity index (χ1) is 11.9. The van der Waals surface area contributed by atoms with E-state index in [9.17, 15) is 18.0 Å². The summed E-state index contributed by atoms with van der Waals surface area (Å²) in [5, 5.41) is 0. The van der Waals surface area contributed by atoms with Crippen LogP contribution in [-0.2, 0) is 26.0 Å². The molecule has 8 heteroatoms. The van der Waals surface area contributed by atoms with Crippen LogP contribution in [0, 0.1) is 0 Å². The van der Waals surface area contributed by atoms with Crippen LogP contribution in [0.15, 0.2) is 30.3 Å². The molecule has 0 bridgehead atoms. The molecule has 0 radical (unpaired) electrons. The van der Waals surface area contributed by atoms with E-state index in [1.165, 1.54) is 10.6 Å². The van der Waals surface area contributed by atoms with Gasteiger partial charge in [0.1, 0.15) is 0 Å². The molecular formula is C17H25N3O4S. The van der Waals surface area contributed by atoms with E-state index in [1.807, 2.05) is 30.3 Å². The van der Waals surface area contributed by atoms with Crippen LogP contribution in [-0.4, -0.2) is 80.4 Å². The maximum atomic E-state index is 12.3. The van der Waals surface area contributed by atoms with Crippen LogP contribution < -0.4 is 0 Å². The highest BCUT2D eigenvalue weighted by molar-refractivity contribution is 7.88. The van der Waals surface area contributed by atoms with Gasteiger partial charge in [-0.25, -0.2) is 12.7 Å². The summed E-state index contributed by atoms with van der Waals surface area (Å²) < 4.78 is 25.3. The van der Waals surface area contributed by atoms with Crippen molar-refractivity contribution in [2.24, 2.45) is 0 Å². The van der Waals surface area contributed by atoms with E-state index in [4.69, 9.17) is 0 Å². The molecule has 0 aliphatic carbocycles. The van der Waals surface area contributed by atoms with Crippen LogP contribution in [0.2, 0.25) is 0 Å². The van der Waals surface area contributed by atoms with Gasteiger partial charge in [0.2, 0.25) is 22.3 Å². The number of hydrogen-bond acceptors (Lipinski definition) is 4. The maximum absolute atomic E-state index is 12.3. The zero-order chi connectivity index (χ0) is 18.3. The summed E-state index contributed by atoms with van der Waals surface area (Å²) in [6.07, 6.45) is 2.73. The number of nitrogens with zero attached hydrogens (tertiary/aromatic N) is 3. The minimum absolute atomic E-state index is 0.0705. The zero-order valence-electron chi connectivity index (χ0n) is 14.5. The van der Waals surface area contributed by atoms with Crippen LogP contribution in [0.25, 0.3) is 0 Å². The first-order valence-corrected chi connectivity index (χ1v) is 10.2. The van der Waals surface area contributed by atoms with E-state index >= 15 is 0 Å². The van der Waals surface area contributed by atoms with Crippen LogP contribution in [0.1, 0.15) is 12.0 Å². The Morgan fingerprint density at radius 1 is 1.12 bits per heavy atom. The topological polar surface area (TPSA) is 78.0 Å². The van der Waals surface area contributed by atoms with Crippen molar-refractivity contribution >= 4 is 22.3 Å². The lowest BCUT2D eigenvalue weighted by molar-refractivity contribution is -0.135. The van der Waals surface area contributed by atoms with Crippen molar-refractivity contribution in [2.75, 3.05) is 45.5 Å². The van der Waals surface area contributed by atoms with Gasteiger partial charge in [-0.1, -0.05) is 30.3 Å². The lowest BCUT2D eigenvalue weighted by Crippen LogP contribution is -2.48. The van der Waals surface area contributed by atoms with Gasteiger partial charge in [-0.2, -0.15) is 0 Å². The highest BCUT2D eigenvalue weighted by Gasteiger charge is 2.23. The van der Waals surface area contributed by atoms with E-state index < -0.39 is 10.0 Å². The van der Waals surface area contributed by atoms with Crippen molar-refractivity contribution in [1.82, 2.24) is 14.1 Å². The van der Waals surface area contributed by atoms with Gasteiger partial charge in [0, 0.05) is 45.7 Å². The predicted molar refractivity (Wildman–Crippen MR) is 95.4 cm³/mol. The number of carbonyl (C=O) groups is 2. The van der Waals surface area contributed by atoms with Gasteiger partial charge in [-0.3, -0.25) is 9.59 Å². The Bertz CT molecular complexity index is 670. The number of carbonyl (C=O) groups excluding carboxylic acids is 2. The molecule has 1 aromatic carbocycles. The van der Waals surface area contributed by atoms with Crippen molar-refractivity contribution in [3.8, 4) is 0 Å². The molecule has 1 saturated heterocycles. The van der Waals surface area contributed by atoms with Gasteiger partial charge in [-0.15, -0.1) is 0 Å². The third-order valence-corrected chi connectivity index (χ3v) is 5.66. The number of sulfonamides is 1. The number of rotatable bonds is 8. The molecule has 0 spiro atoms. The Balaban J connectivity index is 1.85. The Hall–Kier alpha value is -1.93. The fraction of sp³-hybridized carbons (Fsp3) is 0.529. The van der Waals surface area contributed by atoms with Gasteiger partial charge in [0.15, 0.2) is 0 Å². The Labute approximate surface area is 149 Å². The number of benzene rings is 1. The van der Waals surface area contributed by atoms with E-state index in [0.29, 0.717) is 39.1 Å². The first-order valence-electron chi connectivity index (χ1n) is 8.36. The van der Waals surface area contributed by atoms with Crippen molar-refractivity contribution in [3.05, 3.63) is 35.9 Å². The minimum Gasteiger partial charge on any atom is -0.342 e. The van der Waals surface area contributed by atoms with Crippen LogP contribution >= 0.6 is 0 Å². The summed E-state index contributed by atoms with van der Waals surface area (Å²) in [4.78, 5) is 26.3. The molecule has 2 amide bonds. The standard InChI is InChI=1S/C17H25N3O4S/c1-25(23,24)20(9-7-16-5-3-2-4-6-16)10-8-17(22)19-13-11-18(15-21)12-14-19/h2-6,15H,7-14H2,1H3. The van der Waals surface area contributed by atoms with E-state index in [-0.39, 0.29) is 18.9 Å². The molecule has 1 aliphatic heterocycles. The monoisotopic (exact) mass is 367 g/mol. The molecule has 1 aromatic rings. The predicted octanol–water partition coefficient (Wildman–Crippen LogP) is 0.181. The molecule has 1 aliphatic rings. The number of amides is 2. The lowest BCUT2D eigenvalue weighted by atomic mass is 10.1. The fourth-order valence-corrected chi connectivity index (χ4v) is 3.64. The highest BCUT2D eigenvalue weighted by atomic mass is 32.2. The molecule has 0 saturated carbocycles. The van der Waals surface area contributed by atoms with Crippen molar-refractivity contribution in [3.63, 3.8) is 0 Å². The maximum Gasteiger partial charge on any atom is 0.224 e.